The van der Waals surface area contributed by atoms with Crippen LogP contribution in [0.3, 0.4) is 0 Å². The van der Waals surface area contributed by atoms with E-state index < -0.39 is 0 Å². The molecule has 4 heteroatoms. The highest BCUT2D eigenvalue weighted by atomic mass is 79.9. The van der Waals surface area contributed by atoms with E-state index >= 15 is 0 Å². The molecule has 0 aliphatic heterocycles. The fourth-order valence-electron chi connectivity index (χ4n) is 1.69. The molecule has 2 heterocycles. The topological polar surface area (TPSA) is 12.0 Å². The van der Waals surface area contributed by atoms with Crippen molar-refractivity contribution in [3.63, 3.8) is 0 Å². The molecule has 1 nitrogen and oxygen atoms in total. The molecule has 0 radical (unpaired) electrons. The first kappa shape index (κ1) is 12.3. The first-order valence-electron chi connectivity index (χ1n) is 5.09. The van der Waals surface area contributed by atoms with Gasteiger partial charge >= 0.3 is 0 Å². The minimum atomic E-state index is 0.304. The summed E-state index contributed by atoms with van der Waals surface area (Å²) in [6.45, 7) is 4.35. The van der Waals surface area contributed by atoms with Crippen molar-refractivity contribution in [3.05, 3.63) is 42.2 Å². The number of hydrogen-bond donors (Lipinski definition) is 1. The molecule has 1 unspecified atom stereocenters. The zero-order chi connectivity index (χ0) is 11.7. The fraction of sp³-hybridized carbons (Fsp3) is 0.333. The molecule has 0 aliphatic carbocycles. The van der Waals surface area contributed by atoms with Crippen molar-refractivity contribution in [2.45, 2.75) is 19.9 Å². The summed E-state index contributed by atoms with van der Waals surface area (Å²) >= 11 is 7.21. The van der Waals surface area contributed by atoms with Gasteiger partial charge in [-0.2, -0.15) is 11.3 Å². The maximum Gasteiger partial charge on any atom is 0.0688 e. The number of aryl methyl sites for hydroxylation is 2. The summed E-state index contributed by atoms with van der Waals surface area (Å²) in [5.41, 5.74) is 2.71. The first-order valence-corrected chi connectivity index (χ1v) is 7.64. The molecule has 0 bridgehead atoms. The quantitative estimate of drug-likeness (QED) is 0.879. The summed E-state index contributed by atoms with van der Waals surface area (Å²) in [5, 5.41) is 7.73. The minimum Gasteiger partial charge on any atom is -0.309 e. The van der Waals surface area contributed by atoms with Gasteiger partial charge in [0.25, 0.3) is 0 Å². The second kappa shape index (κ2) is 5.00. The van der Waals surface area contributed by atoms with Crippen molar-refractivity contribution in [2.24, 2.45) is 0 Å². The van der Waals surface area contributed by atoms with E-state index in [-0.39, 0.29) is 0 Å². The average Bonchev–Trinajstić information content (AvgIpc) is 2.78. The Morgan fingerprint density at radius 1 is 1.31 bits per heavy atom. The van der Waals surface area contributed by atoms with Crippen molar-refractivity contribution >= 4 is 38.6 Å². The Balaban J connectivity index is 2.40. The Bertz CT molecular complexity index is 467. The van der Waals surface area contributed by atoms with Crippen molar-refractivity contribution in [1.82, 2.24) is 5.32 Å². The van der Waals surface area contributed by atoms with Gasteiger partial charge in [-0.3, -0.25) is 0 Å². The Morgan fingerprint density at radius 3 is 2.50 bits per heavy atom. The van der Waals surface area contributed by atoms with E-state index in [4.69, 9.17) is 0 Å². The highest BCUT2D eigenvalue weighted by Crippen LogP contribution is 2.35. The monoisotopic (exact) mass is 315 g/mol. The highest BCUT2D eigenvalue weighted by molar-refractivity contribution is 9.10. The zero-order valence-electron chi connectivity index (χ0n) is 9.50. The van der Waals surface area contributed by atoms with Gasteiger partial charge in [0.1, 0.15) is 0 Å². The smallest absolute Gasteiger partial charge is 0.0688 e. The van der Waals surface area contributed by atoms with Crippen LogP contribution in [0.15, 0.2) is 21.3 Å². The van der Waals surface area contributed by atoms with Gasteiger partial charge in [-0.05, 0) is 59.4 Å². The van der Waals surface area contributed by atoms with E-state index in [1.54, 1.807) is 11.3 Å². The molecule has 0 spiro atoms. The van der Waals surface area contributed by atoms with E-state index in [0.717, 1.165) is 0 Å². The minimum absolute atomic E-state index is 0.304. The third kappa shape index (κ3) is 2.25. The van der Waals surface area contributed by atoms with Crippen LogP contribution in [0.2, 0.25) is 0 Å². The average molecular weight is 316 g/mol. The second-order valence-corrected chi connectivity index (χ2v) is 6.67. The summed E-state index contributed by atoms with van der Waals surface area (Å²) in [7, 11) is 2.01. The SMILES string of the molecule is CNC(c1cc(C)c(C)s1)c1cscc1Br. The molecule has 2 rings (SSSR count). The summed E-state index contributed by atoms with van der Waals surface area (Å²) < 4.78 is 1.19. The van der Waals surface area contributed by atoms with Crippen molar-refractivity contribution in [3.8, 4) is 0 Å². The van der Waals surface area contributed by atoms with Gasteiger partial charge < -0.3 is 5.32 Å². The van der Waals surface area contributed by atoms with Crippen LogP contribution in [0.1, 0.15) is 26.9 Å². The van der Waals surface area contributed by atoms with Crippen LogP contribution >= 0.6 is 38.6 Å². The van der Waals surface area contributed by atoms with Crippen LogP contribution in [0.25, 0.3) is 0 Å². The lowest BCUT2D eigenvalue weighted by Gasteiger charge is -2.13. The molecule has 1 N–H and O–H groups in total. The standard InChI is InChI=1S/C12H14BrNS2/c1-7-4-11(16-8(7)2)12(14-3)9-5-15-6-10(9)13/h4-6,12,14H,1-3H3. The molecule has 1 atom stereocenters. The summed E-state index contributed by atoms with van der Waals surface area (Å²) in [4.78, 5) is 2.79. The molecule has 16 heavy (non-hydrogen) atoms. The molecule has 2 aromatic heterocycles. The van der Waals surface area contributed by atoms with E-state index in [1.165, 1.54) is 25.4 Å². The lowest BCUT2D eigenvalue weighted by molar-refractivity contribution is 0.703. The van der Waals surface area contributed by atoms with Gasteiger partial charge in [0.2, 0.25) is 0 Å². The summed E-state index contributed by atoms with van der Waals surface area (Å²) in [6.07, 6.45) is 0. The first-order chi connectivity index (χ1) is 7.63. The molecule has 2 aromatic rings. The predicted octanol–water partition coefficient (Wildman–Crippen LogP) is 4.50. The third-order valence-corrected chi connectivity index (χ3v) is 5.68. The van der Waals surface area contributed by atoms with E-state index in [2.05, 4.69) is 51.9 Å². The number of halogens is 1. The van der Waals surface area contributed by atoms with Gasteiger partial charge in [0.05, 0.1) is 6.04 Å². The highest BCUT2D eigenvalue weighted by Gasteiger charge is 2.18. The summed E-state index contributed by atoms with van der Waals surface area (Å²) in [5.74, 6) is 0. The molecular formula is C12H14BrNS2. The molecule has 0 saturated heterocycles. The maximum atomic E-state index is 3.61. The molecule has 86 valence electrons. The van der Waals surface area contributed by atoms with Gasteiger partial charge in [-0.1, -0.05) is 0 Å². The number of thiophene rings is 2. The molecule has 0 amide bonds. The van der Waals surface area contributed by atoms with Crippen molar-refractivity contribution < 1.29 is 0 Å². The largest absolute Gasteiger partial charge is 0.309 e. The number of nitrogens with one attached hydrogen (secondary N) is 1. The van der Waals surface area contributed by atoms with E-state index in [9.17, 15) is 0 Å². The number of hydrogen-bond acceptors (Lipinski definition) is 3. The number of rotatable bonds is 3. The molecule has 0 aromatic carbocycles. The second-order valence-electron chi connectivity index (χ2n) is 3.78. The van der Waals surface area contributed by atoms with Crippen LogP contribution < -0.4 is 5.32 Å². The van der Waals surface area contributed by atoms with Crippen LogP contribution in [-0.2, 0) is 0 Å². The maximum absolute atomic E-state index is 3.61. The van der Waals surface area contributed by atoms with Crippen molar-refractivity contribution in [2.75, 3.05) is 7.05 Å². The van der Waals surface area contributed by atoms with Gasteiger partial charge in [0.15, 0.2) is 0 Å². The lowest BCUT2D eigenvalue weighted by atomic mass is 10.1. The van der Waals surface area contributed by atoms with E-state index in [1.807, 2.05) is 18.4 Å². The summed E-state index contributed by atoms with van der Waals surface area (Å²) in [6, 6.07) is 2.59. The zero-order valence-corrected chi connectivity index (χ0v) is 12.7. The Kier molecular flexibility index (Phi) is 3.85. The lowest BCUT2D eigenvalue weighted by Crippen LogP contribution is -2.16. The third-order valence-electron chi connectivity index (χ3n) is 2.71. The van der Waals surface area contributed by atoms with Crippen LogP contribution in [0.5, 0.6) is 0 Å². The molecule has 0 aliphatic rings. The van der Waals surface area contributed by atoms with Crippen LogP contribution in [-0.4, -0.2) is 7.05 Å². The Hall–Kier alpha value is -0.160. The molecular weight excluding hydrogens is 302 g/mol. The van der Waals surface area contributed by atoms with Crippen LogP contribution in [0, 0.1) is 13.8 Å². The van der Waals surface area contributed by atoms with Gasteiger partial charge in [-0.25, -0.2) is 0 Å². The van der Waals surface area contributed by atoms with Crippen LogP contribution in [0.4, 0.5) is 0 Å². The predicted molar refractivity (Wildman–Crippen MR) is 76.7 cm³/mol. The Morgan fingerprint density at radius 2 is 2.06 bits per heavy atom. The molecule has 0 saturated carbocycles. The van der Waals surface area contributed by atoms with Gasteiger partial charge in [0, 0.05) is 19.6 Å². The fourth-order valence-corrected chi connectivity index (χ4v) is 4.42. The van der Waals surface area contributed by atoms with Crippen molar-refractivity contribution in [1.29, 1.82) is 0 Å². The normalized spacial score (nSPS) is 13.0. The Labute approximate surface area is 113 Å². The molecule has 0 fully saturated rings. The van der Waals surface area contributed by atoms with E-state index in [0.29, 0.717) is 6.04 Å². The van der Waals surface area contributed by atoms with Gasteiger partial charge in [-0.15, -0.1) is 11.3 Å².